The Hall–Kier alpha value is -3.03. The molecule has 0 saturated heterocycles. The van der Waals surface area contributed by atoms with Gasteiger partial charge in [-0.1, -0.05) is 41.9 Å². The van der Waals surface area contributed by atoms with Crippen molar-refractivity contribution in [2.24, 2.45) is 0 Å². The summed E-state index contributed by atoms with van der Waals surface area (Å²) in [5.74, 6) is 0.765. The lowest BCUT2D eigenvalue weighted by molar-refractivity contribution is 0.206. The maximum atomic E-state index is 12.1. The first-order valence-corrected chi connectivity index (χ1v) is 10.1. The maximum Gasteiger partial charge on any atom is 0.426 e. The molecule has 0 aliphatic carbocycles. The summed E-state index contributed by atoms with van der Waals surface area (Å²) >= 11 is 5.73. The van der Waals surface area contributed by atoms with Crippen LogP contribution in [-0.2, 0) is 16.6 Å². The molecule has 8 heteroatoms. The van der Waals surface area contributed by atoms with Crippen LogP contribution in [0.25, 0.3) is 0 Å². The minimum Gasteiger partial charge on any atom is -0.489 e. The predicted molar refractivity (Wildman–Crippen MR) is 105 cm³/mol. The Morgan fingerprint density at radius 2 is 1.46 bits per heavy atom. The Kier molecular flexibility index (Phi) is 6.18. The van der Waals surface area contributed by atoms with Crippen molar-refractivity contribution in [3.05, 3.63) is 89.4 Å². The second-order valence-electron chi connectivity index (χ2n) is 5.69. The molecule has 6 nitrogen and oxygen atoms in total. The van der Waals surface area contributed by atoms with Gasteiger partial charge >= 0.3 is 6.09 Å². The summed E-state index contributed by atoms with van der Waals surface area (Å²) in [4.78, 5) is 11.8. The molecule has 0 fully saturated rings. The number of carbonyl (C=O) groups excluding carboxylic acids is 1. The van der Waals surface area contributed by atoms with E-state index in [1.165, 1.54) is 36.4 Å². The van der Waals surface area contributed by atoms with Crippen molar-refractivity contribution in [1.29, 1.82) is 0 Å². The zero-order valence-corrected chi connectivity index (χ0v) is 16.1. The molecule has 1 N–H and O–H groups in total. The third-order valence-electron chi connectivity index (χ3n) is 3.62. The monoisotopic (exact) mass is 417 g/mol. The summed E-state index contributed by atoms with van der Waals surface area (Å²) in [5.41, 5.74) is 1.02. The van der Waals surface area contributed by atoms with Gasteiger partial charge in [0.2, 0.25) is 0 Å². The van der Waals surface area contributed by atoms with Gasteiger partial charge in [0.25, 0.3) is 10.0 Å². The standard InChI is InChI=1S/C20H16ClNO5S/c21-16-6-12-19(13-7-16)28(24,25)22-20(23)27-18-10-8-17(9-11-18)26-14-15-4-2-1-3-5-15/h1-13H,14H2,(H,22,23). The van der Waals surface area contributed by atoms with Crippen LogP contribution in [0.5, 0.6) is 11.5 Å². The molecule has 28 heavy (non-hydrogen) atoms. The van der Waals surface area contributed by atoms with Crippen LogP contribution in [0.2, 0.25) is 5.02 Å². The zero-order chi connectivity index (χ0) is 20.0. The molecule has 0 spiro atoms. The molecule has 0 atom stereocenters. The van der Waals surface area contributed by atoms with Gasteiger partial charge in [0.05, 0.1) is 4.90 Å². The molecule has 0 aliphatic rings. The summed E-state index contributed by atoms with van der Waals surface area (Å²) in [6, 6.07) is 21.3. The smallest absolute Gasteiger partial charge is 0.426 e. The summed E-state index contributed by atoms with van der Waals surface area (Å²) in [6.45, 7) is 0.404. The van der Waals surface area contributed by atoms with E-state index < -0.39 is 16.1 Å². The molecule has 0 aliphatic heterocycles. The van der Waals surface area contributed by atoms with Gasteiger partial charge in [0, 0.05) is 5.02 Å². The number of hydrogen-bond donors (Lipinski definition) is 1. The Morgan fingerprint density at radius 3 is 2.11 bits per heavy atom. The molecule has 0 heterocycles. The second kappa shape index (κ2) is 8.77. The third kappa shape index (κ3) is 5.48. The number of rotatable bonds is 6. The van der Waals surface area contributed by atoms with Gasteiger partial charge in [0.1, 0.15) is 18.1 Å². The van der Waals surface area contributed by atoms with Crippen LogP contribution < -0.4 is 14.2 Å². The fourth-order valence-electron chi connectivity index (χ4n) is 2.26. The summed E-state index contributed by atoms with van der Waals surface area (Å²) in [6.07, 6.45) is -1.12. The van der Waals surface area contributed by atoms with Crippen LogP contribution in [0.15, 0.2) is 83.8 Å². The van der Waals surface area contributed by atoms with Gasteiger partial charge in [-0.15, -0.1) is 0 Å². The Morgan fingerprint density at radius 1 is 0.857 bits per heavy atom. The topological polar surface area (TPSA) is 81.7 Å². The minimum absolute atomic E-state index is 0.0986. The van der Waals surface area contributed by atoms with E-state index in [0.717, 1.165) is 5.56 Å². The second-order valence-corrected chi connectivity index (χ2v) is 7.81. The molecule has 144 valence electrons. The molecule has 0 bridgehead atoms. The number of carbonyl (C=O) groups is 1. The van der Waals surface area contributed by atoms with Gasteiger partial charge in [0.15, 0.2) is 0 Å². The highest BCUT2D eigenvalue weighted by atomic mass is 35.5. The molecule has 3 aromatic rings. The molecule has 3 rings (SSSR count). The van der Waals surface area contributed by atoms with Crippen molar-refractivity contribution in [2.75, 3.05) is 0 Å². The first-order chi connectivity index (χ1) is 13.4. The van der Waals surface area contributed by atoms with E-state index in [1.54, 1.807) is 12.1 Å². The van der Waals surface area contributed by atoms with Gasteiger partial charge < -0.3 is 9.47 Å². The quantitative estimate of drug-likeness (QED) is 0.643. The number of nitrogens with one attached hydrogen (secondary N) is 1. The first kappa shape index (κ1) is 19.7. The van der Waals surface area contributed by atoms with Crippen LogP contribution in [0, 0.1) is 0 Å². The van der Waals surface area contributed by atoms with E-state index >= 15 is 0 Å². The molecular weight excluding hydrogens is 402 g/mol. The van der Waals surface area contributed by atoms with E-state index in [2.05, 4.69) is 0 Å². The highest BCUT2D eigenvalue weighted by molar-refractivity contribution is 7.90. The Labute approximate surface area is 167 Å². The van der Waals surface area contributed by atoms with Crippen molar-refractivity contribution in [3.8, 4) is 11.5 Å². The van der Waals surface area contributed by atoms with Gasteiger partial charge in [-0.05, 0) is 54.1 Å². The first-order valence-electron chi connectivity index (χ1n) is 8.19. The molecule has 3 aromatic carbocycles. The molecule has 0 aromatic heterocycles. The number of sulfonamides is 1. The lowest BCUT2D eigenvalue weighted by Crippen LogP contribution is -2.33. The average molecular weight is 418 g/mol. The van der Waals surface area contributed by atoms with Crippen LogP contribution in [0.1, 0.15) is 5.56 Å². The SMILES string of the molecule is O=C(NS(=O)(=O)c1ccc(Cl)cc1)Oc1ccc(OCc2ccccc2)cc1. The summed E-state index contributed by atoms with van der Waals surface area (Å²) in [5, 5.41) is 0.385. The van der Waals surface area contributed by atoms with Gasteiger partial charge in [-0.25, -0.2) is 17.9 Å². The summed E-state index contributed by atoms with van der Waals surface area (Å²) < 4.78 is 36.8. The Balaban J connectivity index is 1.56. The number of halogens is 1. The fourth-order valence-corrected chi connectivity index (χ4v) is 3.25. The fraction of sp³-hybridized carbons (Fsp3) is 0.0500. The highest BCUT2D eigenvalue weighted by Crippen LogP contribution is 2.19. The van der Waals surface area contributed by atoms with Crippen molar-refractivity contribution in [2.45, 2.75) is 11.5 Å². The van der Waals surface area contributed by atoms with E-state index in [-0.39, 0.29) is 10.6 Å². The highest BCUT2D eigenvalue weighted by Gasteiger charge is 2.19. The number of ether oxygens (including phenoxy) is 2. The van der Waals surface area contributed by atoms with Crippen molar-refractivity contribution >= 4 is 27.7 Å². The van der Waals surface area contributed by atoms with Crippen molar-refractivity contribution in [3.63, 3.8) is 0 Å². The molecule has 0 radical (unpaired) electrons. The zero-order valence-electron chi connectivity index (χ0n) is 14.5. The minimum atomic E-state index is -4.05. The lowest BCUT2D eigenvalue weighted by Gasteiger charge is -2.09. The average Bonchev–Trinajstić information content (AvgIpc) is 2.68. The normalized spacial score (nSPS) is 10.9. The van der Waals surface area contributed by atoms with Crippen molar-refractivity contribution < 1.29 is 22.7 Å². The third-order valence-corrected chi connectivity index (χ3v) is 5.20. The van der Waals surface area contributed by atoms with Gasteiger partial charge in [-0.3, -0.25) is 0 Å². The predicted octanol–water partition coefficient (Wildman–Crippen LogP) is 4.40. The largest absolute Gasteiger partial charge is 0.489 e. The number of amides is 1. The van der Waals surface area contributed by atoms with E-state index in [0.29, 0.717) is 17.4 Å². The number of hydrogen-bond acceptors (Lipinski definition) is 5. The van der Waals surface area contributed by atoms with E-state index in [1.807, 2.05) is 35.1 Å². The molecule has 0 unspecified atom stereocenters. The lowest BCUT2D eigenvalue weighted by atomic mass is 10.2. The van der Waals surface area contributed by atoms with Crippen LogP contribution in [0.3, 0.4) is 0 Å². The Bertz CT molecular complexity index is 1040. The summed E-state index contributed by atoms with van der Waals surface area (Å²) in [7, 11) is -4.05. The molecule has 0 saturated carbocycles. The van der Waals surface area contributed by atoms with Crippen LogP contribution >= 0.6 is 11.6 Å². The van der Waals surface area contributed by atoms with Crippen LogP contribution in [0.4, 0.5) is 4.79 Å². The maximum absolute atomic E-state index is 12.1. The van der Waals surface area contributed by atoms with Gasteiger partial charge in [-0.2, -0.15) is 0 Å². The van der Waals surface area contributed by atoms with Crippen molar-refractivity contribution in [1.82, 2.24) is 4.72 Å². The van der Waals surface area contributed by atoms with E-state index in [9.17, 15) is 13.2 Å². The molecule has 1 amide bonds. The molecular formula is C20H16ClNO5S. The number of benzene rings is 3. The van der Waals surface area contributed by atoms with Crippen LogP contribution in [-0.4, -0.2) is 14.5 Å². The van der Waals surface area contributed by atoms with E-state index in [4.69, 9.17) is 21.1 Å².